The van der Waals surface area contributed by atoms with Crippen molar-refractivity contribution in [3.05, 3.63) is 33.7 Å². The van der Waals surface area contributed by atoms with E-state index in [9.17, 15) is 9.59 Å². The zero-order chi connectivity index (χ0) is 13.2. The molecule has 1 amide bonds. The second-order valence-corrected chi connectivity index (χ2v) is 5.59. The van der Waals surface area contributed by atoms with E-state index in [-0.39, 0.29) is 22.3 Å². The maximum Gasteiger partial charge on any atom is 0.256 e. The molecule has 2 N–H and O–H groups in total. The Labute approximate surface area is 107 Å². The van der Waals surface area contributed by atoms with Crippen molar-refractivity contribution < 1.29 is 4.79 Å². The van der Waals surface area contributed by atoms with Crippen LogP contribution < -0.4 is 10.7 Å². The van der Waals surface area contributed by atoms with Crippen molar-refractivity contribution in [2.45, 2.75) is 39.5 Å². The lowest BCUT2D eigenvalue weighted by Crippen LogP contribution is -2.36. The van der Waals surface area contributed by atoms with Gasteiger partial charge in [-0.05, 0) is 25.2 Å². The molecule has 0 atom stereocenters. The van der Waals surface area contributed by atoms with E-state index < -0.39 is 0 Å². The monoisotopic (exact) mass is 248 g/mol. The summed E-state index contributed by atoms with van der Waals surface area (Å²) in [7, 11) is 0. The van der Waals surface area contributed by atoms with Crippen molar-refractivity contribution in [1.82, 2.24) is 10.3 Å². The van der Waals surface area contributed by atoms with Gasteiger partial charge in [0.1, 0.15) is 5.56 Å². The predicted octanol–water partition coefficient (Wildman–Crippen LogP) is 1.99. The molecule has 1 aromatic heterocycles. The average molecular weight is 248 g/mol. The molecule has 0 spiro atoms. The van der Waals surface area contributed by atoms with Crippen LogP contribution >= 0.6 is 0 Å². The number of hydrogen-bond acceptors (Lipinski definition) is 2. The first kappa shape index (κ1) is 12.9. The molecule has 1 heterocycles. The fraction of sp³-hybridized carbons (Fsp3) is 0.571. The van der Waals surface area contributed by atoms with Crippen molar-refractivity contribution in [3.63, 3.8) is 0 Å². The third-order valence-corrected chi connectivity index (χ3v) is 3.79. The molecule has 1 saturated carbocycles. The summed E-state index contributed by atoms with van der Waals surface area (Å²) in [4.78, 5) is 26.5. The van der Waals surface area contributed by atoms with E-state index in [1.807, 2.05) is 0 Å². The Morgan fingerprint density at radius 1 is 1.44 bits per heavy atom. The topological polar surface area (TPSA) is 62.0 Å². The van der Waals surface area contributed by atoms with E-state index in [1.165, 1.54) is 25.1 Å². The summed E-state index contributed by atoms with van der Waals surface area (Å²) in [6, 6.07) is 1.45. The van der Waals surface area contributed by atoms with Crippen molar-refractivity contribution in [2.24, 2.45) is 5.41 Å². The van der Waals surface area contributed by atoms with Crippen LogP contribution in [0.1, 0.15) is 48.7 Å². The molecule has 0 aliphatic heterocycles. The van der Waals surface area contributed by atoms with Gasteiger partial charge in [-0.2, -0.15) is 0 Å². The summed E-state index contributed by atoms with van der Waals surface area (Å²) in [5.41, 5.74) is 0.939. The Bertz CT molecular complexity index is 499. The molecule has 0 radical (unpaired) electrons. The zero-order valence-electron chi connectivity index (χ0n) is 11.0. The van der Waals surface area contributed by atoms with Gasteiger partial charge >= 0.3 is 0 Å². The van der Waals surface area contributed by atoms with E-state index in [0.717, 1.165) is 18.5 Å². The molecule has 1 aliphatic rings. The zero-order valence-corrected chi connectivity index (χ0v) is 11.0. The fourth-order valence-electron chi connectivity index (χ4n) is 2.54. The minimum absolute atomic E-state index is 0.196. The number of pyridine rings is 1. The van der Waals surface area contributed by atoms with E-state index >= 15 is 0 Å². The lowest BCUT2D eigenvalue weighted by atomic mass is 9.89. The number of aromatic nitrogens is 1. The van der Waals surface area contributed by atoms with Crippen molar-refractivity contribution in [1.29, 1.82) is 0 Å². The van der Waals surface area contributed by atoms with Crippen LogP contribution in [0.2, 0.25) is 0 Å². The molecule has 0 aromatic carbocycles. The summed E-state index contributed by atoms with van der Waals surface area (Å²) in [5.74, 6) is -0.274. The molecule has 1 fully saturated rings. The molecule has 1 aliphatic carbocycles. The van der Waals surface area contributed by atoms with Gasteiger partial charge in [0.15, 0.2) is 5.43 Å². The van der Waals surface area contributed by atoms with Gasteiger partial charge in [0.05, 0.1) is 0 Å². The Kier molecular flexibility index (Phi) is 3.55. The highest BCUT2D eigenvalue weighted by Gasteiger charge is 2.29. The Morgan fingerprint density at radius 3 is 2.72 bits per heavy atom. The largest absolute Gasteiger partial charge is 0.364 e. The van der Waals surface area contributed by atoms with Crippen LogP contribution in [0, 0.1) is 12.3 Å². The van der Waals surface area contributed by atoms with Gasteiger partial charge in [0.2, 0.25) is 0 Å². The SMILES string of the molecule is Cc1cc(=O)c(C(=O)NCC2(C)CCCC2)c[nH]1. The summed E-state index contributed by atoms with van der Waals surface area (Å²) >= 11 is 0. The molecule has 2 rings (SSSR count). The third kappa shape index (κ3) is 2.81. The normalized spacial score (nSPS) is 17.7. The first-order valence-electron chi connectivity index (χ1n) is 6.48. The second-order valence-electron chi connectivity index (χ2n) is 5.59. The summed E-state index contributed by atoms with van der Waals surface area (Å²) in [6.45, 7) is 4.64. The minimum Gasteiger partial charge on any atom is -0.364 e. The number of aromatic amines is 1. The number of nitrogens with one attached hydrogen (secondary N) is 2. The van der Waals surface area contributed by atoms with Crippen molar-refractivity contribution in [3.8, 4) is 0 Å². The molecular formula is C14H20N2O2. The molecule has 98 valence electrons. The van der Waals surface area contributed by atoms with Crippen LogP contribution in [-0.4, -0.2) is 17.4 Å². The number of carbonyl (C=O) groups is 1. The summed E-state index contributed by atoms with van der Waals surface area (Å²) < 4.78 is 0. The van der Waals surface area contributed by atoms with Gasteiger partial charge in [-0.3, -0.25) is 9.59 Å². The number of rotatable bonds is 3. The molecule has 0 bridgehead atoms. The van der Waals surface area contributed by atoms with E-state index in [2.05, 4.69) is 17.2 Å². The average Bonchev–Trinajstić information content (AvgIpc) is 2.74. The van der Waals surface area contributed by atoms with Gasteiger partial charge < -0.3 is 10.3 Å². The number of hydrogen-bond donors (Lipinski definition) is 2. The summed E-state index contributed by atoms with van der Waals surface area (Å²) in [6.07, 6.45) is 6.26. The van der Waals surface area contributed by atoms with Crippen LogP contribution in [-0.2, 0) is 0 Å². The standard InChI is InChI=1S/C14H20N2O2/c1-10-7-12(17)11(8-15-10)13(18)16-9-14(2)5-3-4-6-14/h7-8H,3-6,9H2,1-2H3,(H,15,17)(H,16,18). The van der Waals surface area contributed by atoms with Crippen molar-refractivity contribution in [2.75, 3.05) is 6.54 Å². The number of H-pyrrole nitrogens is 1. The maximum atomic E-state index is 11.9. The highest BCUT2D eigenvalue weighted by Crippen LogP contribution is 2.36. The molecule has 0 unspecified atom stereocenters. The highest BCUT2D eigenvalue weighted by molar-refractivity contribution is 5.93. The first-order chi connectivity index (χ1) is 8.50. The molecule has 18 heavy (non-hydrogen) atoms. The Hall–Kier alpha value is -1.58. The summed E-state index contributed by atoms with van der Waals surface area (Å²) in [5, 5.41) is 2.88. The van der Waals surface area contributed by atoms with Gasteiger partial charge in [-0.25, -0.2) is 0 Å². The van der Waals surface area contributed by atoms with Gasteiger partial charge in [0, 0.05) is 24.5 Å². The molecule has 4 heteroatoms. The lowest BCUT2D eigenvalue weighted by Gasteiger charge is -2.23. The number of amides is 1. The van der Waals surface area contributed by atoms with Gasteiger partial charge in [-0.1, -0.05) is 19.8 Å². The number of carbonyl (C=O) groups excluding carboxylic acids is 1. The van der Waals surface area contributed by atoms with Crippen LogP contribution in [0.5, 0.6) is 0 Å². The Morgan fingerprint density at radius 2 is 2.11 bits per heavy atom. The van der Waals surface area contributed by atoms with E-state index in [1.54, 1.807) is 6.92 Å². The number of aryl methyl sites for hydroxylation is 1. The molecule has 1 aromatic rings. The maximum absolute atomic E-state index is 11.9. The smallest absolute Gasteiger partial charge is 0.256 e. The fourth-order valence-corrected chi connectivity index (χ4v) is 2.54. The van der Waals surface area contributed by atoms with Crippen LogP contribution in [0.25, 0.3) is 0 Å². The highest BCUT2D eigenvalue weighted by atomic mass is 16.2. The Balaban J connectivity index is 2.01. The van der Waals surface area contributed by atoms with Crippen LogP contribution in [0.4, 0.5) is 0 Å². The first-order valence-corrected chi connectivity index (χ1v) is 6.48. The lowest BCUT2D eigenvalue weighted by molar-refractivity contribution is 0.0933. The quantitative estimate of drug-likeness (QED) is 0.859. The molecular weight excluding hydrogens is 228 g/mol. The second kappa shape index (κ2) is 4.96. The van der Waals surface area contributed by atoms with Crippen molar-refractivity contribution >= 4 is 5.91 Å². The predicted molar refractivity (Wildman–Crippen MR) is 70.7 cm³/mol. The van der Waals surface area contributed by atoms with Gasteiger partial charge in [-0.15, -0.1) is 0 Å². The van der Waals surface area contributed by atoms with E-state index in [0.29, 0.717) is 6.54 Å². The van der Waals surface area contributed by atoms with Crippen LogP contribution in [0.15, 0.2) is 17.1 Å². The molecule has 4 nitrogen and oxygen atoms in total. The van der Waals surface area contributed by atoms with Crippen LogP contribution in [0.3, 0.4) is 0 Å². The minimum atomic E-state index is -0.274. The molecule has 0 saturated heterocycles. The van der Waals surface area contributed by atoms with E-state index in [4.69, 9.17) is 0 Å². The van der Waals surface area contributed by atoms with Gasteiger partial charge in [0.25, 0.3) is 5.91 Å². The third-order valence-electron chi connectivity index (χ3n) is 3.79.